The summed E-state index contributed by atoms with van der Waals surface area (Å²) in [4.78, 5) is 14.7. The molecule has 0 aliphatic rings. The number of oxazole rings is 1. The molecule has 2 rings (SSSR count). The Bertz CT molecular complexity index is 545. The molecule has 0 atom stereocenters. The highest BCUT2D eigenvalue weighted by atomic mass is 16.4. The average molecular weight is 245 g/mol. The fourth-order valence-electron chi connectivity index (χ4n) is 1.78. The van der Waals surface area contributed by atoms with Crippen LogP contribution in [0.25, 0.3) is 0 Å². The maximum atomic E-state index is 10.4. The third-order valence-corrected chi connectivity index (χ3v) is 2.63. The molecular weight excluding hydrogens is 230 g/mol. The fraction of sp³-hybridized carbons (Fsp3) is 0.286. The van der Waals surface area contributed by atoms with E-state index in [2.05, 4.69) is 11.1 Å². The van der Waals surface area contributed by atoms with Crippen LogP contribution in [0.15, 0.2) is 34.9 Å². The Kier molecular flexibility index (Phi) is 3.77. The van der Waals surface area contributed by atoms with Crippen molar-refractivity contribution < 1.29 is 14.3 Å². The molecule has 94 valence electrons. The van der Waals surface area contributed by atoms with Gasteiger partial charge in [-0.2, -0.15) is 0 Å². The van der Waals surface area contributed by atoms with Crippen LogP contribution in [-0.2, 0) is 17.6 Å². The van der Waals surface area contributed by atoms with E-state index in [1.807, 2.05) is 25.1 Å². The maximum Gasteiger partial charge on any atom is 0.303 e. The minimum Gasteiger partial charge on any atom is -0.481 e. The minimum atomic E-state index is -0.821. The van der Waals surface area contributed by atoms with Crippen LogP contribution >= 0.6 is 0 Å². The molecule has 0 saturated heterocycles. The van der Waals surface area contributed by atoms with Gasteiger partial charge >= 0.3 is 5.97 Å². The minimum absolute atomic E-state index is 0.0798. The van der Waals surface area contributed by atoms with E-state index in [9.17, 15) is 4.79 Å². The number of aromatic nitrogens is 1. The predicted molar refractivity (Wildman–Crippen MR) is 66.4 cm³/mol. The van der Waals surface area contributed by atoms with Crippen LogP contribution in [0.3, 0.4) is 0 Å². The van der Waals surface area contributed by atoms with Crippen LogP contribution in [0.4, 0.5) is 0 Å². The van der Waals surface area contributed by atoms with Crippen molar-refractivity contribution >= 4 is 5.97 Å². The number of rotatable bonds is 5. The van der Waals surface area contributed by atoms with Gasteiger partial charge in [0, 0.05) is 12.8 Å². The highest BCUT2D eigenvalue weighted by Gasteiger charge is 2.07. The number of aryl methyl sites for hydroxylation is 2. The SMILES string of the molecule is Cc1cccc(Cc2nc(CCC(=O)O)co2)c1. The first-order chi connectivity index (χ1) is 8.63. The van der Waals surface area contributed by atoms with E-state index < -0.39 is 5.97 Å². The van der Waals surface area contributed by atoms with Gasteiger partial charge in [-0.25, -0.2) is 4.98 Å². The number of carboxylic acid groups (broad SMARTS) is 1. The highest BCUT2D eigenvalue weighted by Crippen LogP contribution is 2.12. The number of nitrogens with zero attached hydrogens (tertiary/aromatic N) is 1. The van der Waals surface area contributed by atoms with Crippen LogP contribution in [0.1, 0.15) is 29.1 Å². The fourth-order valence-corrected chi connectivity index (χ4v) is 1.78. The topological polar surface area (TPSA) is 63.3 Å². The molecule has 0 radical (unpaired) electrons. The van der Waals surface area contributed by atoms with Gasteiger partial charge in [0.2, 0.25) is 0 Å². The summed E-state index contributed by atoms with van der Waals surface area (Å²) in [5, 5.41) is 8.59. The smallest absolute Gasteiger partial charge is 0.303 e. The molecule has 18 heavy (non-hydrogen) atoms. The number of hydrogen-bond acceptors (Lipinski definition) is 3. The summed E-state index contributed by atoms with van der Waals surface area (Å²) >= 11 is 0. The monoisotopic (exact) mass is 245 g/mol. The third kappa shape index (κ3) is 3.45. The van der Waals surface area contributed by atoms with E-state index in [1.54, 1.807) is 0 Å². The Morgan fingerprint density at radius 2 is 2.28 bits per heavy atom. The largest absolute Gasteiger partial charge is 0.481 e. The van der Waals surface area contributed by atoms with Gasteiger partial charge in [0.15, 0.2) is 5.89 Å². The summed E-state index contributed by atoms with van der Waals surface area (Å²) < 4.78 is 5.34. The Labute approximate surface area is 105 Å². The van der Waals surface area contributed by atoms with Crippen molar-refractivity contribution in [3.8, 4) is 0 Å². The van der Waals surface area contributed by atoms with Crippen LogP contribution in [0.5, 0.6) is 0 Å². The van der Waals surface area contributed by atoms with Gasteiger partial charge in [-0.3, -0.25) is 4.79 Å². The molecular formula is C14H15NO3. The van der Waals surface area contributed by atoms with Crippen LogP contribution < -0.4 is 0 Å². The van der Waals surface area contributed by atoms with Crippen LogP contribution in [0.2, 0.25) is 0 Å². The summed E-state index contributed by atoms with van der Waals surface area (Å²) in [6.45, 7) is 2.04. The molecule has 1 aromatic carbocycles. The van der Waals surface area contributed by atoms with Crippen molar-refractivity contribution in [2.24, 2.45) is 0 Å². The average Bonchev–Trinajstić information content (AvgIpc) is 2.74. The van der Waals surface area contributed by atoms with Crippen LogP contribution in [-0.4, -0.2) is 16.1 Å². The number of carbonyl (C=O) groups is 1. The summed E-state index contributed by atoms with van der Waals surface area (Å²) in [5.41, 5.74) is 3.03. The lowest BCUT2D eigenvalue weighted by Gasteiger charge is -1.98. The number of hydrogen-bond donors (Lipinski definition) is 1. The third-order valence-electron chi connectivity index (χ3n) is 2.63. The molecule has 0 bridgehead atoms. The normalized spacial score (nSPS) is 10.5. The number of benzene rings is 1. The Morgan fingerprint density at radius 3 is 3.00 bits per heavy atom. The molecule has 0 spiro atoms. The molecule has 1 N–H and O–H groups in total. The second-order valence-corrected chi connectivity index (χ2v) is 4.29. The maximum absolute atomic E-state index is 10.4. The molecule has 0 fully saturated rings. The predicted octanol–water partition coefficient (Wildman–Crippen LogP) is 2.59. The highest BCUT2D eigenvalue weighted by molar-refractivity contribution is 5.66. The zero-order valence-electron chi connectivity index (χ0n) is 10.2. The van der Waals surface area contributed by atoms with Crippen molar-refractivity contribution in [3.63, 3.8) is 0 Å². The van der Waals surface area contributed by atoms with Crippen molar-refractivity contribution in [2.75, 3.05) is 0 Å². The van der Waals surface area contributed by atoms with Crippen molar-refractivity contribution in [1.29, 1.82) is 0 Å². The van der Waals surface area contributed by atoms with Gasteiger partial charge in [-0.1, -0.05) is 29.8 Å². The molecule has 2 aromatic rings. The Morgan fingerprint density at radius 1 is 1.44 bits per heavy atom. The van der Waals surface area contributed by atoms with Gasteiger partial charge in [-0.05, 0) is 12.5 Å². The van der Waals surface area contributed by atoms with Gasteiger partial charge in [0.05, 0.1) is 12.1 Å². The standard InChI is InChI=1S/C14H15NO3/c1-10-3-2-4-11(7-10)8-13-15-12(9-18-13)5-6-14(16)17/h2-4,7,9H,5-6,8H2,1H3,(H,16,17). The Hall–Kier alpha value is -2.10. The van der Waals surface area contributed by atoms with E-state index in [0.717, 1.165) is 5.56 Å². The second-order valence-electron chi connectivity index (χ2n) is 4.29. The first kappa shape index (κ1) is 12.4. The lowest BCUT2D eigenvalue weighted by atomic mass is 10.1. The van der Waals surface area contributed by atoms with E-state index in [4.69, 9.17) is 9.52 Å². The lowest BCUT2D eigenvalue weighted by Crippen LogP contribution is -1.98. The quantitative estimate of drug-likeness (QED) is 0.879. The first-order valence-electron chi connectivity index (χ1n) is 5.84. The van der Waals surface area contributed by atoms with Gasteiger partial charge < -0.3 is 9.52 Å². The van der Waals surface area contributed by atoms with Gasteiger partial charge in [-0.15, -0.1) is 0 Å². The van der Waals surface area contributed by atoms with Crippen molar-refractivity contribution in [2.45, 2.75) is 26.2 Å². The summed E-state index contributed by atoms with van der Waals surface area (Å²) in [5.74, 6) is -0.195. The summed E-state index contributed by atoms with van der Waals surface area (Å²) in [7, 11) is 0. The molecule has 0 saturated carbocycles. The van der Waals surface area contributed by atoms with Crippen molar-refractivity contribution in [1.82, 2.24) is 4.98 Å². The summed E-state index contributed by atoms with van der Waals surface area (Å²) in [6.07, 6.45) is 2.66. The molecule has 0 aliphatic carbocycles. The molecule has 0 unspecified atom stereocenters. The second kappa shape index (κ2) is 5.49. The number of aliphatic carboxylic acids is 1. The van der Waals surface area contributed by atoms with E-state index in [0.29, 0.717) is 24.4 Å². The first-order valence-corrected chi connectivity index (χ1v) is 5.84. The lowest BCUT2D eigenvalue weighted by molar-refractivity contribution is -0.136. The molecule has 1 heterocycles. The van der Waals surface area contributed by atoms with E-state index >= 15 is 0 Å². The molecule has 0 amide bonds. The molecule has 1 aromatic heterocycles. The molecule has 4 nitrogen and oxygen atoms in total. The van der Waals surface area contributed by atoms with E-state index in [1.165, 1.54) is 11.8 Å². The zero-order valence-corrected chi connectivity index (χ0v) is 10.2. The molecule has 0 aliphatic heterocycles. The van der Waals surface area contributed by atoms with E-state index in [-0.39, 0.29) is 6.42 Å². The van der Waals surface area contributed by atoms with Crippen LogP contribution in [0, 0.1) is 6.92 Å². The number of carboxylic acids is 1. The Balaban J connectivity index is 2.00. The zero-order chi connectivity index (χ0) is 13.0. The van der Waals surface area contributed by atoms with Gasteiger partial charge in [0.1, 0.15) is 6.26 Å². The molecule has 4 heteroatoms. The van der Waals surface area contributed by atoms with Crippen molar-refractivity contribution in [3.05, 3.63) is 53.2 Å². The van der Waals surface area contributed by atoms with Gasteiger partial charge in [0.25, 0.3) is 0 Å². The summed E-state index contributed by atoms with van der Waals surface area (Å²) in [6, 6.07) is 8.14.